The molecular formula is C16H24N2O4S. The molecule has 1 aromatic rings. The molecule has 1 atom stereocenters. The van der Waals surface area contributed by atoms with Crippen molar-refractivity contribution in [1.29, 1.82) is 0 Å². The van der Waals surface area contributed by atoms with E-state index in [9.17, 15) is 13.2 Å². The first-order chi connectivity index (χ1) is 10.9. The van der Waals surface area contributed by atoms with Gasteiger partial charge < -0.3 is 9.64 Å². The number of nitrogens with zero attached hydrogens (tertiary/aromatic N) is 2. The number of carbonyl (C=O) groups is 1. The van der Waals surface area contributed by atoms with Gasteiger partial charge in [-0.05, 0) is 43.5 Å². The van der Waals surface area contributed by atoms with Gasteiger partial charge >= 0.3 is 0 Å². The third-order valence-electron chi connectivity index (χ3n) is 4.06. The van der Waals surface area contributed by atoms with Crippen LogP contribution in [0.15, 0.2) is 24.3 Å². The van der Waals surface area contributed by atoms with Crippen molar-refractivity contribution in [2.24, 2.45) is 0 Å². The quantitative estimate of drug-likeness (QED) is 0.793. The number of rotatable bonds is 6. The van der Waals surface area contributed by atoms with Crippen molar-refractivity contribution in [3.8, 4) is 5.75 Å². The number of carbonyl (C=O) groups excluding carboxylic acids is 1. The van der Waals surface area contributed by atoms with Crippen LogP contribution in [0, 0.1) is 0 Å². The van der Waals surface area contributed by atoms with Gasteiger partial charge in [0.15, 0.2) is 0 Å². The fraction of sp³-hybridized carbons (Fsp3) is 0.562. The lowest BCUT2D eigenvalue weighted by molar-refractivity contribution is -0.131. The Morgan fingerprint density at radius 3 is 2.26 bits per heavy atom. The Kier molecular flexibility index (Phi) is 5.51. The van der Waals surface area contributed by atoms with E-state index in [4.69, 9.17) is 4.74 Å². The average Bonchev–Trinajstić information content (AvgIpc) is 3.05. The molecule has 1 heterocycles. The Labute approximate surface area is 138 Å². The molecular weight excluding hydrogens is 316 g/mol. The van der Waals surface area contributed by atoms with E-state index in [0.29, 0.717) is 30.9 Å². The molecule has 128 valence electrons. The van der Waals surface area contributed by atoms with Crippen LogP contribution in [0.3, 0.4) is 0 Å². The van der Waals surface area contributed by atoms with Crippen molar-refractivity contribution in [2.75, 3.05) is 30.8 Å². The molecule has 1 fully saturated rings. The summed E-state index contributed by atoms with van der Waals surface area (Å²) in [5.41, 5.74) is 0.479. The molecule has 0 unspecified atom stereocenters. The molecule has 1 amide bonds. The molecule has 6 nitrogen and oxygen atoms in total. The van der Waals surface area contributed by atoms with Crippen molar-refractivity contribution >= 4 is 21.6 Å². The van der Waals surface area contributed by atoms with Crippen molar-refractivity contribution in [1.82, 2.24) is 4.90 Å². The van der Waals surface area contributed by atoms with E-state index in [1.165, 1.54) is 4.31 Å². The van der Waals surface area contributed by atoms with Gasteiger partial charge in [0.2, 0.25) is 15.9 Å². The molecule has 0 aromatic heterocycles. The zero-order valence-corrected chi connectivity index (χ0v) is 14.7. The molecule has 1 aromatic carbocycles. The zero-order chi connectivity index (χ0) is 17.0. The first-order valence-electron chi connectivity index (χ1n) is 7.80. The fourth-order valence-electron chi connectivity index (χ4n) is 2.92. The summed E-state index contributed by atoms with van der Waals surface area (Å²) in [4.78, 5) is 14.5. The summed E-state index contributed by atoms with van der Waals surface area (Å²) < 4.78 is 31.0. The maximum atomic E-state index is 12.8. The second-order valence-corrected chi connectivity index (χ2v) is 7.57. The molecule has 0 aliphatic carbocycles. The third-order valence-corrected chi connectivity index (χ3v) is 5.24. The summed E-state index contributed by atoms with van der Waals surface area (Å²) in [5.74, 6) is 0.521. The Morgan fingerprint density at radius 2 is 1.83 bits per heavy atom. The molecule has 1 saturated heterocycles. The van der Waals surface area contributed by atoms with E-state index in [0.717, 1.165) is 19.1 Å². The van der Waals surface area contributed by atoms with Crippen LogP contribution in [-0.2, 0) is 14.8 Å². The van der Waals surface area contributed by atoms with Gasteiger partial charge in [0, 0.05) is 13.1 Å². The number of hydrogen-bond donors (Lipinski definition) is 0. The van der Waals surface area contributed by atoms with Crippen molar-refractivity contribution in [2.45, 2.75) is 32.2 Å². The minimum Gasteiger partial charge on any atom is -0.497 e. The lowest BCUT2D eigenvalue weighted by atomic mass is 10.1. The number of likely N-dealkylation sites (tertiary alicyclic amines) is 1. The number of anilines is 1. The number of ether oxygens (including phenoxy) is 1. The minimum absolute atomic E-state index is 0.119. The van der Waals surface area contributed by atoms with Gasteiger partial charge in [-0.1, -0.05) is 6.92 Å². The van der Waals surface area contributed by atoms with Gasteiger partial charge in [-0.15, -0.1) is 0 Å². The molecule has 0 N–H and O–H groups in total. The maximum absolute atomic E-state index is 12.8. The third kappa shape index (κ3) is 3.96. The van der Waals surface area contributed by atoms with E-state index in [1.54, 1.807) is 36.3 Å². The van der Waals surface area contributed by atoms with Crippen molar-refractivity contribution in [3.63, 3.8) is 0 Å². The van der Waals surface area contributed by atoms with E-state index in [-0.39, 0.29) is 5.91 Å². The number of hydrogen-bond acceptors (Lipinski definition) is 4. The lowest BCUT2D eigenvalue weighted by Crippen LogP contribution is -2.50. The van der Waals surface area contributed by atoms with E-state index in [2.05, 4.69) is 0 Å². The summed E-state index contributed by atoms with van der Waals surface area (Å²) in [6.07, 6.45) is 3.51. The molecule has 0 saturated carbocycles. The van der Waals surface area contributed by atoms with Gasteiger partial charge in [0.1, 0.15) is 11.8 Å². The largest absolute Gasteiger partial charge is 0.497 e. The molecule has 23 heavy (non-hydrogen) atoms. The van der Waals surface area contributed by atoms with Crippen molar-refractivity contribution in [3.05, 3.63) is 24.3 Å². The van der Waals surface area contributed by atoms with Crippen LogP contribution in [0.25, 0.3) is 0 Å². The van der Waals surface area contributed by atoms with Gasteiger partial charge in [-0.25, -0.2) is 8.42 Å². The molecule has 2 rings (SSSR count). The summed E-state index contributed by atoms with van der Waals surface area (Å²) in [6.45, 7) is 3.24. The highest BCUT2D eigenvalue weighted by molar-refractivity contribution is 7.92. The van der Waals surface area contributed by atoms with E-state index in [1.807, 2.05) is 6.92 Å². The van der Waals surface area contributed by atoms with Gasteiger partial charge in [0.25, 0.3) is 0 Å². The molecule has 1 aliphatic heterocycles. The fourth-order valence-corrected chi connectivity index (χ4v) is 4.13. The molecule has 7 heteroatoms. The highest BCUT2D eigenvalue weighted by Crippen LogP contribution is 2.26. The van der Waals surface area contributed by atoms with Crippen LogP contribution >= 0.6 is 0 Å². The summed E-state index contributed by atoms with van der Waals surface area (Å²) >= 11 is 0. The minimum atomic E-state index is -3.58. The predicted molar refractivity (Wildman–Crippen MR) is 90.2 cm³/mol. The maximum Gasteiger partial charge on any atom is 0.246 e. The topological polar surface area (TPSA) is 66.9 Å². The molecule has 0 radical (unpaired) electrons. The van der Waals surface area contributed by atoms with Crippen LogP contribution in [0.1, 0.15) is 26.2 Å². The standard InChI is InChI=1S/C16H24N2O4S/c1-4-15(16(19)17-11-5-6-12-17)18(23(3,20)21)13-7-9-14(22-2)10-8-13/h7-10,15H,4-6,11-12H2,1-3H3/t15-/m0/s1. The second kappa shape index (κ2) is 7.21. The smallest absolute Gasteiger partial charge is 0.246 e. The van der Waals surface area contributed by atoms with Gasteiger partial charge in [-0.3, -0.25) is 9.10 Å². The van der Waals surface area contributed by atoms with Crippen LogP contribution < -0.4 is 9.04 Å². The first-order valence-corrected chi connectivity index (χ1v) is 9.65. The summed E-state index contributed by atoms with van der Waals surface area (Å²) in [6, 6.07) is 6.01. The highest BCUT2D eigenvalue weighted by Gasteiger charge is 2.34. The molecule has 0 bridgehead atoms. The first kappa shape index (κ1) is 17.6. The van der Waals surface area contributed by atoms with E-state index < -0.39 is 16.1 Å². The normalized spacial score (nSPS) is 16.2. The summed E-state index contributed by atoms with van der Waals surface area (Å²) in [5, 5.41) is 0. The monoisotopic (exact) mass is 340 g/mol. The Morgan fingerprint density at radius 1 is 1.26 bits per heavy atom. The van der Waals surface area contributed by atoms with Crippen molar-refractivity contribution < 1.29 is 17.9 Å². The molecule has 1 aliphatic rings. The van der Waals surface area contributed by atoms with E-state index >= 15 is 0 Å². The van der Waals surface area contributed by atoms with Crippen LogP contribution in [-0.4, -0.2) is 51.7 Å². The SMILES string of the molecule is CC[C@@H](C(=O)N1CCCC1)N(c1ccc(OC)cc1)S(C)(=O)=O. The number of sulfonamides is 1. The highest BCUT2D eigenvalue weighted by atomic mass is 32.2. The van der Waals surface area contributed by atoms with Crippen LogP contribution in [0.4, 0.5) is 5.69 Å². The van der Waals surface area contributed by atoms with Crippen LogP contribution in [0.5, 0.6) is 5.75 Å². The lowest BCUT2D eigenvalue weighted by Gasteiger charge is -2.32. The number of amides is 1. The Balaban J connectivity index is 2.37. The average molecular weight is 340 g/mol. The Bertz CT molecular complexity index is 637. The van der Waals surface area contributed by atoms with Crippen LogP contribution in [0.2, 0.25) is 0 Å². The number of benzene rings is 1. The zero-order valence-electron chi connectivity index (χ0n) is 13.9. The molecule has 0 spiro atoms. The second-order valence-electron chi connectivity index (χ2n) is 5.71. The van der Waals surface area contributed by atoms with Gasteiger partial charge in [-0.2, -0.15) is 0 Å². The summed E-state index contributed by atoms with van der Waals surface area (Å²) in [7, 11) is -2.03. The number of methoxy groups -OCH3 is 1. The predicted octanol–water partition coefficient (Wildman–Crippen LogP) is 1.86. The Hall–Kier alpha value is -1.76. The van der Waals surface area contributed by atoms with Gasteiger partial charge in [0.05, 0.1) is 19.1 Å².